The molecule has 1 heterocycles. The van der Waals surface area contributed by atoms with E-state index in [2.05, 4.69) is 15.5 Å². The van der Waals surface area contributed by atoms with E-state index in [0.717, 1.165) is 0 Å². The van der Waals surface area contributed by atoms with E-state index in [9.17, 15) is 9.59 Å². The summed E-state index contributed by atoms with van der Waals surface area (Å²) in [7, 11) is 3.26. The van der Waals surface area contributed by atoms with Gasteiger partial charge >= 0.3 is 5.97 Å². The van der Waals surface area contributed by atoms with Crippen LogP contribution in [0.15, 0.2) is 12.1 Å². The van der Waals surface area contributed by atoms with Gasteiger partial charge in [0.2, 0.25) is 0 Å². The van der Waals surface area contributed by atoms with Gasteiger partial charge in [0.25, 0.3) is 5.91 Å². The number of carboxylic acid groups (broad SMARTS) is 1. The van der Waals surface area contributed by atoms with Gasteiger partial charge in [-0.25, -0.2) is 0 Å². The van der Waals surface area contributed by atoms with Gasteiger partial charge in [-0.3, -0.25) is 9.59 Å². The lowest BCUT2D eigenvalue weighted by Gasteiger charge is -2.10. The predicted octanol–water partition coefficient (Wildman–Crippen LogP) is 0.311. The van der Waals surface area contributed by atoms with Crippen molar-refractivity contribution in [3.8, 4) is 0 Å². The number of hydrogen-bond donors (Lipinski definition) is 2. The van der Waals surface area contributed by atoms with Crippen molar-refractivity contribution in [3.63, 3.8) is 0 Å². The van der Waals surface area contributed by atoms with E-state index >= 15 is 0 Å². The zero-order valence-electron chi connectivity index (χ0n) is 10.5. The average molecular weight is 252 g/mol. The van der Waals surface area contributed by atoms with Gasteiger partial charge in [-0.1, -0.05) is 6.92 Å². The maximum absolute atomic E-state index is 11.5. The highest BCUT2D eigenvalue weighted by atomic mass is 16.4. The number of amides is 1. The molecule has 98 valence electrons. The van der Waals surface area contributed by atoms with Crippen molar-refractivity contribution in [1.29, 1.82) is 0 Å². The van der Waals surface area contributed by atoms with Crippen molar-refractivity contribution in [1.82, 2.24) is 15.1 Å². The van der Waals surface area contributed by atoms with Crippen molar-refractivity contribution < 1.29 is 14.7 Å². The van der Waals surface area contributed by atoms with Crippen LogP contribution in [-0.2, 0) is 4.79 Å². The van der Waals surface area contributed by atoms with Crippen LogP contribution in [0.2, 0.25) is 0 Å². The van der Waals surface area contributed by atoms with Crippen LogP contribution in [0.25, 0.3) is 0 Å². The number of nitrogens with one attached hydrogen (secondary N) is 1. The fourth-order valence-electron chi connectivity index (χ4n) is 1.11. The highest BCUT2D eigenvalue weighted by Crippen LogP contribution is 2.05. The van der Waals surface area contributed by atoms with E-state index in [1.54, 1.807) is 33.2 Å². The first-order valence-corrected chi connectivity index (χ1v) is 5.44. The summed E-state index contributed by atoms with van der Waals surface area (Å²) >= 11 is 0. The fourth-order valence-corrected chi connectivity index (χ4v) is 1.11. The summed E-state index contributed by atoms with van der Waals surface area (Å²) in [6.45, 7) is 1.84. The molecule has 7 heteroatoms. The van der Waals surface area contributed by atoms with E-state index in [1.165, 1.54) is 4.90 Å². The third-order valence-electron chi connectivity index (χ3n) is 2.30. The molecule has 0 aliphatic rings. The van der Waals surface area contributed by atoms with Crippen LogP contribution in [0, 0.1) is 5.92 Å². The Kier molecular flexibility index (Phi) is 4.59. The number of rotatable bonds is 5. The number of hydrogen-bond acceptors (Lipinski definition) is 5. The molecule has 0 saturated carbocycles. The van der Waals surface area contributed by atoms with Crippen LogP contribution >= 0.6 is 0 Å². The summed E-state index contributed by atoms with van der Waals surface area (Å²) in [6, 6.07) is 3.14. The first-order chi connectivity index (χ1) is 8.41. The monoisotopic (exact) mass is 252 g/mol. The Morgan fingerprint density at radius 1 is 1.39 bits per heavy atom. The molecule has 0 saturated heterocycles. The molecule has 0 radical (unpaired) electrons. The average Bonchev–Trinajstić information content (AvgIpc) is 2.35. The molecule has 0 aliphatic heterocycles. The van der Waals surface area contributed by atoms with Gasteiger partial charge in [0.05, 0.1) is 5.92 Å². The number of carbonyl (C=O) groups is 2. The quantitative estimate of drug-likeness (QED) is 0.783. The summed E-state index contributed by atoms with van der Waals surface area (Å²) in [5.41, 5.74) is 0.247. The molecule has 0 spiro atoms. The van der Waals surface area contributed by atoms with E-state index in [-0.39, 0.29) is 18.1 Å². The maximum atomic E-state index is 11.5. The van der Waals surface area contributed by atoms with Crippen LogP contribution in [0.4, 0.5) is 5.82 Å². The molecule has 0 bridgehead atoms. The molecule has 2 N–H and O–H groups in total. The summed E-state index contributed by atoms with van der Waals surface area (Å²) in [5, 5.41) is 19.1. The van der Waals surface area contributed by atoms with Crippen LogP contribution < -0.4 is 5.32 Å². The van der Waals surface area contributed by atoms with Crippen molar-refractivity contribution >= 4 is 17.7 Å². The van der Waals surface area contributed by atoms with Gasteiger partial charge in [-0.2, -0.15) is 0 Å². The normalized spacial score (nSPS) is 11.7. The third kappa shape index (κ3) is 3.69. The van der Waals surface area contributed by atoms with E-state index in [1.807, 2.05) is 0 Å². The van der Waals surface area contributed by atoms with Gasteiger partial charge in [-0.05, 0) is 12.1 Å². The number of aliphatic carboxylic acids is 1. The summed E-state index contributed by atoms with van der Waals surface area (Å²) in [5.74, 6) is -1.18. The Morgan fingerprint density at radius 3 is 2.50 bits per heavy atom. The van der Waals surface area contributed by atoms with Crippen LogP contribution in [0.3, 0.4) is 0 Å². The second-order valence-electron chi connectivity index (χ2n) is 4.12. The summed E-state index contributed by atoms with van der Waals surface area (Å²) < 4.78 is 0. The second kappa shape index (κ2) is 5.95. The van der Waals surface area contributed by atoms with E-state index in [4.69, 9.17) is 5.11 Å². The van der Waals surface area contributed by atoms with Gasteiger partial charge in [0.15, 0.2) is 5.69 Å². The first-order valence-electron chi connectivity index (χ1n) is 5.44. The minimum atomic E-state index is -0.880. The number of nitrogens with zero attached hydrogens (tertiary/aromatic N) is 3. The molecule has 0 fully saturated rings. The molecule has 1 aromatic heterocycles. The lowest BCUT2D eigenvalue weighted by Crippen LogP contribution is -2.23. The molecule has 1 rings (SSSR count). The number of anilines is 1. The lowest BCUT2D eigenvalue weighted by molar-refractivity contribution is -0.140. The Bertz CT molecular complexity index is 430. The first kappa shape index (κ1) is 13.9. The molecular weight excluding hydrogens is 236 g/mol. The van der Waals surface area contributed by atoms with Gasteiger partial charge in [-0.15, -0.1) is 10.2 Å². The Morgan fingerprint density at radius 2 is 2.06 bits per heavy atom. The lowest BCUT2D eigenvalue weighted by atomic mass is 10.2. The topological polar surface area (TPSA) is 95.4 Å². The minimum Gasteiger partial charge on any atom is -0.481 e. The van der Waals surface area contributed by atoms with Crippen molar-refractivity contribution in [3.05, 3.63) is 17.8 Å². The number of aromatic nitrogens is 2. The molecule has 7 nitrogen and oxygen atoms in total. The molecule has 1 atom stereocenters. The van der Waals surface area contributed by atoms with Crippen molar-refractivity contribution in [2.75, 3.05) is 26.0 Å². The second-order valence-corrected chi connectivity index (χ2v) is 4.12. The number of carboxylic acids is 1. The van der Waals surface area contributed by atoms with Crippen molar-refractivity contribution in [2.24, 2.45) is 5.92 Å². The van der Waals surface area contributed by atoms with Crippen LogP contribution in [-0.4, -0.2) is 52.7 Å². The zero-order chi connectivity index (χ0) is 13.7. The zero-order valence-corrected chi connectivity index (χ0v) is 10.5. The number of carbonyl (C=O) groups excluding carboxylic acids is 1. The molecule has 1 amide bonds. The molecular formula is C11H16N4O3. The van der Waals surface area contributed by atoms with E-state index in [0.29, 0.717) is 5.82 Å². The Balaban J connectivity index is 2.61. The SMILES string of the molecule is CC(CNc1ccc(C(=O)N(C)C)nn1)C(=O)O. The van der Waals surface area contributed by atoms with Crippen LogP contribution in [0.5, 0.6) is 0 Å². The van der Waals surface area contributed by atoms with Crippen LogP contribution in [0.1, 0.15) is 17.4 Å². The highest BCUT2D eigenvalue weighted by Gasteiger charge is 2.12. The summed E-state index contributed by atoms with van der Waals surface area (Å²) in [6.07, 6.45) is 0. The minimum absolute atomic E-state index is 0.229. The Labute approximate surface area is 105 Å². The molecule has 0 aliphatic carbocycles. The standard InChI is InChI=1S/C11H16N4O3/c1-7(11(17)18)6-12-9-5-4-8(13-14-9)10(16)15(2)3/h4-5,7H,6H2,1-3H3,(H,12,14)(H,17,18). The molecule has 1 aromatic rings. The smallest absolute Gasteiger partial charge is 0.308 e. The fraction of sp³-hybridized carbons (Fsp3) is 0.455. The molecule has 1 unspecified atom stereocenters. The summed E-state index contributed by atoms with van der Waals surface area (Å²) in [4.78, 5) is 23.6. The highest BCUT2D eigenvalue weighted by molar-refractivity contribution is 5.91. The van der Waals surface area contributed by atoms with E-state index < -0.39 is 11.9 Å². The van der Waals surface area contributed by atoms with Gasteiger partial charge in [0.1, 0.15) is 5.82 Å². The van der Waals surface area contributed by atoms with Crippen molar-refractivity contribution in [2.45, 2.75) is 6.92 Å². The molecule has 18 heavy (non-hydrogen) atoms. The third-order valence-corrected chi connectivity index (χ3v) is 2.30. The van der Waals surface area contributed by atoms with Gasteiger partial charge in [0, 0.05) is 20.6 Å². The largest absolute Gasteiger partial charge is 0.481 e. The maximum Gasteiger partial charge on any atom is 0.308 e. The molecule has 0 aromatic carbocycles. The predicted molar refractivity (Wildman–Crippen MR) is 65.3 cm³/mol. The Hall–Kier alpha value is -2.18. The van der Waals surface area contributed by atoms with Gasteiger partial charge < -0.3 is 15.3 Å².